The van der Waals surface area contributed by atoms with Crippen molar-refractivity contribution in [2.24, 2.45) is 5.73 Å². The van der Waals surface area contributed by atoms with Gasteiger partial charge in [-0.15, -0.1) is 0 Å². The van der Waals surface area contributed by atoms with Crippen molar-refractivity contribution >= 4 is 43.8 Å². The van der Waals surface area contributed by atoms with E-state index in [9.17, 15) is 24.3 Å². The summed E-state index contributed by atoms with van der Waals surface area (Å²) in [6, 6.07) is -3.70. The van der Waals surface area contributed by atoms with Crippen LogP contribution in [0.1, 0.15) is 26.7 Å². The first-order valence-electron chi connectivity index (χ1n) is 7.29. The fourth-order valence-electron chi connectivity index (χ4n) is 2.37. The number of aliphatic carboxylic acids is 3. The molecule has 25 heavy (non-hydrogen) atoms. The molecule has 11 heteroatoms. The number of carboxylic acid groups (broad SMARTS) is 3. The minimum absolute atomic E-state index is 0.318. The van der Waals surface area contributed by atoms with Crippen LogP contribution in [0.15, 0.2) is 0 Å². The average Bonchev–Trinajstić information content (AvgIpc) is 2.39. The van der Waals surface area contributed by atoms with Crippen molar-refractivity contribution in [3.05, 3.63) is 0 Å². The Kier molecular flexibility index (Phi) is 9.11. The molecule has 1 unspecified atom stereocenters. The van der Waals surface area contributed by atoms with Gasteiger partial charge >= 0.3 is 153 Å². The molecule has 3 atom stereocenters. The summed E-state index contributed by atoms with van der Waals surface area (Å²) >= 11 is -1.79. The monoisotopic (exact) mass is 475 g/mol. The first-order valence-corrected chi connectivity index (χ1v) is 12.8. The Labute approximate surface area is 152 Å². The summed E-state index contributed by atoms with van der Waals surface area (Å²) < 4.78 is -0.470. The van der Waals surface area contributed by atoms with Gasteiger partial charge in [0.05, 0.1) is 0 Å². The van der Waals surface area contributed by atoms with Crippen molar-refractivity contribution in [1.29, 1.82) is 0 Å². The van der Waals surface area contributed by atoms with Gasteiger partial charge < -0.3 is 0 Å². The van der Waals surface area contributed by atoms with Crippen LogP contribution in [0.25, 0.3) is 0 Å². The van der Waals surface area contributed by atoms with Gasteiger partial charge in [0, 0.05) is 0 Å². The second-order valence-electron chi connectivity index (χ2n) is 6.29. The molecule has 0 fully saturated rings. The molecule has 0 saturated heterocycles. The SMILES string of the molecule is CI(C)C([C@H](NC(=O)N[C@@H](CCC(=O)O)C(=O)O)C(=O)O)C(C)(C)N. The molecule has 0 heterocycles. The van der Waals surface area contributed by atoms with Crippen LogP contribution < -0.4 is 16.4 Å². The summed E-state index contributed by atoms with van der Waals surface area (Å²) in [6.45, 7) is 3.36. The Balaban J connectivity index is 5.19. The number of nitrogens with two attached hydrogens (primary N) is 1. The van der Waals surface area contributed by atoms with E-state index in [0.717, 1.165) is 0 Å². The minimum atomic E-state index is -1.79. The number of rotatable bonds is 10. The molecular formula is C14H26IN3O7. The average molecular weight is 475 g/mol. The van der Waals surface area contributed by atoms with Gasteiger partial charge in [0.15, 0.2) is 0 Å². The fraction of sp³-hybridized carbons (Fsp3) is 0.714. The number of carbonyl (C=O) groups is 4. The molecule has 0 aliphatic heterocycles. The Morgan fingerprint density at radius 1 is 1.04 bits per heavy atom. The van der Waals surface area contributed by atoms with Crippen molar-refractivity contribution in [1.82, 2.24) is 10.6 Å². The molecule has 2 amide bonds. The zero-order chi connectivity index (χ0) is 19.9. The van der Waals surface area contributed by atoms with Gasteiger partial charge in [-0.2, -0.15) is 0 Å². The summed E-state index contributed by atoms with van der Waals surface area (Å²) in [4.78, 5) is 49.1. The molecule has 0 rings (SSSR count). The van der Waals surface area contributed by atoms with Crippen LogP contribution in [0.5, 0.6) is 0 Å². The topological polar surface area (TPSA) is 179 Å². The van der Waals surface area contributed by atoms with Crippen molar-refractivity contribution < 1.29 is 34.5 Å². The summed E-state index contributed by atoms with van der Waals surface area (Å²) in [5, 5.41) is 31.5. The van der Waals surface area contributed by atoms with Crippen LogP contribution in [0.4, 0.5) is 4.79 Å². The molecular weight excluding hydrogens is 449 g/mol. The van der Waals surface area contributed by atoms with Crippen LogP contribution in [-0.2, 0) is 14.4 Å². The van der Waals surface area contributed by atoms with E-state index in [-0.39, 0.29) is 6.42 Å². The molecule has 0 spiro atoms. The molecule has 0 aliphatic rings. The van der Waals surface area contributed by atoms with E-state index in [2.05, 4.69) is 10.6 Å². The quantitative estimate of drug-likeness (QED) is 0.188. The Morgan fingerprint density at radius 2 is 1.56 bits per heavy atom. The molecule has 7 N–H and O–H groups in total. The molecule has 0 saturated carbocycles. The Hall–Kier alpha value is -1.63. The third kappa shape index (κ3) is 8.34. The predicted molar refractivity (Wildman–Crippen MR) is 99.3 cm³/mol. The summed E-state index contributed by atoms with van der Waals surface area (Å²) in [5.41, 5.74) is 5.22. The molecule has 0 radical (unpaired) electrons. The van der Waals surface area contributed by atoms with Crippen molar-refractivity contribution in [2.75, 3.05) is 9.86 Å². The van der Waals surface area contributed by atoms with Gasteiger partial charge in [0.1, 0.15) is 0 Å². The van der Waals surface area contributed by atoms with Crippen molar-refractivity contribution in [2.45, 2.75) is 48.2 Å². The molecule has 0 aromatic heterocycles. The van der Waals surface area contributed by atoms with Gasteiger partial charge in [-0.3, -0.25) is 0 Å². The van der Waals surface area contributed by atoms with E-state index in [1.54, 1.807) is 13.8 Å². The van der Waals surface area contributed by atoms with Gasteiger partial charge in [-0.1, -0.05) is 0 Å². The van der Waals surface area contributed by atoms with E-state index in [4.69, 9.17) is 15.9 Å². The standard InChI is InChI=1S/C14H26IN3O7/c1-14(2,16)10(15(3)4)9(12(23)24)18-13(25)17-7(11(21)22)5-6-8(19)20/h7,9-10H,5-6,16H2,1-4H3,(H,19,20)(H,21,22)(H,23,24)(H2,17,18,25)/t7-,9-,10?/m0/s1. The number of hydrogen-bond acceptors (Lipinski definition) is 5. The van der Waals surface area contributed by atoms with Gasteiger partial charge in [0.25, 0.3) is 0 Å². The van der Waals surface area contributed by atoms with Gasteiger partial charge in [-0.05, 0) is 0 Å². The summed E-state index contributed by atoms with van der Waals surface area (Å²) in [7, 11) is 0. The van der Waals surface area contributed by atoms with Crippen LogP contribution >= 0.6 is 19.8 Å². The van der Waals surface area contributed by atoms with Crippen LogP contribution in [0.3, 0.4) is 0 Å². The van der Waals surface area contributed by atoms with E-state index in [0.29, 0.717) is 0 Å². The number of urea groups is 1. The van der Waals surface area contributed by atoms with E-state index >= 15 is 0 Å². The summed E-state index contributed by atoms with van der Waals surface area (Å²) in [6.07, 6.45) is -0.764. The first kappa shape index (κ1) is 23.4. The normalized spacial score (nSPS) is 15.5. The molecule has 0 aromatic rings. The third-order valence-electron chi connectivity index (χ3n) is 3.28. The van der Waals surface area contributed by atoms with E-state index in [1.807, 2.05) is 9.86 Å². The van der Waals surface area contributed by atoms with Crippen molar-refractivity contribution in [3.8, 4) is 0 Å². The third-order valence-corrected chi connectivity index (χ3v) is 8.28. The van der Waals surface area contributed by atoms with Crippen LogP contribution in [0, 0.1) is 0 Å². The van der Waals surface area contributed by atoms with Gasteiger partial charge in [0.2, 0.25) is 0 Å². The zero-order valence-corrected chi connectivity index (χ0v) is 16.7. The Bertz CT molecular complexity index is 519. The molecule has 146 valence electrons. The second kappa shape index (κ2) is 9.75. The molecule has 10 nitrogen and oxygen atoms in total. The van der Waals surface area contributed by atoms with Gasteiger partial charge in [-0.25, -0.2) is 0 Å². The number of carboxylic acids is 3. The molecule has 0 bridgehead atoms. The van der Waals surface area contributed by atoms with E-state index in [1.165, 1.54) is 0 Å². The zero-order valence-electron chi connectivity index (χ0n) is 14.6. The van der Waals surface area contributed by atoms with Crippen LogP contribution in [-0.4, -0.2) is 70.7 Å². The number of amides is 2. The van der Waals surface area contributed by atoms with Crippen molar-refractivity contribution in [3.63, 3.8) is 0 Å². The number of hydrogen-bond donors (Lipinski definition) is 6. The first-order chi connectivity index (χ1) is 11.3. The maximum absolute atomic E-state index is 12.1. The van der Waals surface area contributed by atoms with Crippen LogP contribution in [0.2, 0.25) is 0 Å². The summed E-state index contributed by atoms with van der Waals surface area (Å²) in [5.74, 6) is -3.87. The molecule has 0 aliphatic carbocycles. The fourth-order valence-corrected chi connectivity index (χ4v) is 7.51. The second-order valence-corrected chi connectivity index (χ2v) is 12.3. The number of alkyl halides is 3. The predicted octanol–water partition coefficient (Wildman–Crippen LogP) is -0.0713. The Morgan fingerprint density at radius 3 is 1.88 bits per heavy atom. The number of nitrogens with one attached hydrogen (secondary N) is 2. The number of carbonyl (C=O) groups excluding carboxylic acids is 1. The number of halogens is 1. The molecule has 0 aromatic carbocycles. The van der Waals surface area contributed by atoms with E-state index < -0.39 is 71.7 Å². The maximum atomic E-state index is 12.1.